The smallest absolute Gasteiger partial charge is 0.196 e. The van der Waals surface area contributed by atoms with Crippen LogP contribution in [0, 0.1) is 11.6 Å². The molecule has 18 heavy (non-hydrogen) atoms. The van der Waals surface area contributed by atoms with Gasteiger partial charge in [-0.15, -0.1) is 0 Å². The van der Waals surface area contributed by atoms with E-state index < -0.39 is 17.4 Å². The van der Waals surface area contributed by atoms with Crippen molar-refractivity contribution in [2.24, 2.45) is 0 Å². The molecule has 0 unspecified atom stereocenters. The van der Waals surface area contributed by atoms with E-state index in [0.29, 0.717) is 0 Å². The number of nitrogens with zero attached hydrogens (tertiary/aromatic N) is 1. The van der Waals surface area contributed by atoms with Gasteiger partial charge < -0.3 is 4.74 Å². The molecule has 92 valence electrons. The van der Waals surface area contributed by atoms with E-state index in [1.807, 2.05) is 0 Å². The minimum Gasteiger partial charge on any atom is -0.494 e. The molecule has 2 rings (SSSR count). The Labute approximate surface area is 102 Å². The Morgan fingerprint density at radius 3 is 2.67 bits per heavy atom. The summed E-state index contributed by atoms with van der Waals surface area (Å²) in [6.45, 7) is 0. The molecular formula is C13H9F2NO2. The molecule has 0 bridgehead atoms. The molecule has 0 spiro atoms. The highest BCUT2D eigenvalue weighted by atomic mass is 19.2. The summed E-state index contributed by atoms with van der Waals surface area (Å²) in [5.41, 5.74) is 0.303. The third-order valence-corrected chi connectivity index (χ3v) is 2.43. The fourth-order valence-corrected chi connectivity index (χ4v) is 1.52. The first-order valence-corrected chi connectivity index (χ1v) is 5.11. The summed E-state index contributed by atoms with van der Waals surface area (Å²) in [7, 11) is 1.40. The van der Waals surface area contributed by atoms with Gasteiger partial charge in [-0.2, -0.15) is 0 Å². The zero-order valence-electron chi connectivity index (χ0n) is 9.48. The molecule has 0 N–H and O–H groups in total. The number of pyridine rings is 1. The van der Waals surface area contributed by atoms with Gasteiger partial charge >= 0.3 is 0 Å². The van der Waals surface area contributed by atoms with Crippen LogP contribution in [0.3, 0.4) is 0 Å². The van der Waals surface area contributed by atoms with Crippen molar-refractivity contribution in [1.82, 2.24) is 4.98 Å². The Kier molecular flexibility index (Phi) is 3.32. The molecule has 0 saturated carbocycles. The molecule has 0 fully saturated rings. The first-order valence-electron chi connectivity index (χ1n) is 5.11. The Morgan fingerprint density at radius 2 is 2.00 bits per heavy atom. The number of aromatic nitrogens is 1. The van der Waals surface area contributed by atoms with Crippen molar-refractivity contribution in [2.75, 3.05) is 7.11 Å². The van der Waals surface area contributed by atoms with Crippen molar-refractivity contribution >= 4 is 5.78 Å². The summed E-state index contributed by atoms with van der Waals surface area (Å²) in [6.07, 6.45) is 2.81. The lowest BCUT2D eigenvalue weighted by Crippen LogP contribution is -2.05. The SMILES string of the molecule is COc1cnccc1C(=O)c1ccc(F)c(F)c1. The fraction of sp³-hybridized carbons (Fsp3) is 0.0769. The summed E-state index contributed by atoms with van der Waals surface area (Å²) in [5.74, 6) is -2.22. The standard InChI is InChI=1S/C13H9F2NO2/c1-18-12-7-16-5-4-9(12)13(17)8-2-3-10(14)11(15)6-8/h2-7H,1H3. The minimum absolute atomic E-state index is 0.0541. The number of benzene rings is 1. The monoisotopic (exact) mass is 249 g/mol. The normalized spacial score (nSPS) is 10.2. The van der Waals surface area contributed by atoms with Gasteiger partial charge in [0.05, 0.1) is 18.9 Å². The number of ether oxygens (including phenoxy) is 1. The fourth-order valence-electron chi connectivity index (χ4n) is 1.52. The van der Waals surface area contributed by atoms with E-state index in [-0.39, 0.29) is 16.9 Å². The summed E-state index contributed by atoms with van der Waals surface area (Å²) in [5, 5.41) is 0. The third kappa shape index (κ3) is 2.20. The molecule has 0 aliphatic rings. The van der Waals surface area contributed by atoms with Crippen molar-refractivity contribution in [3.63, 3.8) is 0 Å². The highest BCUT2D eigenvalue weighted by Gasteiger charge is 2.15. The minimum atomic E-state index is -1.06. The predicted octanol–water partition coefficient (Wildman–Crippen LogP) is 2.60. The maximum Gasteiger partial charge on any atom is 0.196 e. The van der Waals surface area contributed by atoms with Crippen LogP contribution in [0.5, 0.6) is 5.75 Å². The maximum atomic E-state index is 13.1. The van der Waals surface area contributed by atoms with Crippen molar-refractivity contribution in [3.8, 4) is 5.75 Å². The third-order valence-electron chi connectivity index (χ3n) is 2.43. The highest BCUT2D eigenvalue weighted by molar-refractivity contribution is 6.10. The van der Waals surface area contributed by atoms with E-state index in [9.17, 15) is 13.6 Å². The van der Waals surface area contributed by atoms with Gasteiger partial charge in [-0.05, 0) is 24.3 Å². The molecule has 0 atom stereocenters. The molecule has 0 radical (unpaired) electrons. The summed E-state index contributed by atoms with van der Waals surface area (Å²) >= 11 is 0. The van der Waals surface area contributed by atoms with Gasteiger partial charge in [0.25, 0.3) is 0 Å². The molecule has 1 heterocycles. The summed E-state index contributed by atoms with van der Waals surface area (Å²) < 4.78 is 30.8. The molecule has 0 aliphatic heterocycles. The van der Waals surface area contributed by atoms with Gasteiger partial charge in [-0.1, -0.05) is 0 Å². The van der Waals surface area contributed by atoms with Crippen LogP contribution in [0.4, 0.5) is 8.78 Å². The Bertz CT molecular complexity index is 599. The molecule has 0 saturated heterocycles. The second-order valence-electron chi connectivity index (χ2n) is 3.53. The zero-order valence-corrected chi connectivity index (χ0v) is 9.48. The van der Waals surface area contributed by atoms with Crippen LogP contribution in [0.1, 0.15) is 15.9 Å². The Hall–Kier alpha value is -2.30. The quantitative estimate of drug-likeness (QED) is 0.785. The average Bonchev–Trinajstić information content (AvgIpc) is 2.41. The zero-order chi connectivity index (χ0) is 13.1. The predicted molar refractivity (Wildman–Crippen MR) is 60.6 cm³/mol. The topological polar surface area (TPSA) is 39.2 Å². The number of halogens is 2. The lowest BCUT2D eigenvalue weighted by molar-refractivity contribution is 0.103. The first-order chi connectivity index (χ1) is 8.63. The molecule has 1 aromatic heterocycles. The molecule has 2 aromatic rings. The Morgan fingerprint density at radius 1 is 1.22 bits per heavy atom. The lowest BCUT2D eigenvalue weighted by atomic mass is 10.0. The van der Waals surface area contributed by atoms with Crippen molar-refractivity contribution in [3.05, 3.63) is 59.4 Å². The van der Waals surface area contributed by atoms with Crippen LogP contribution >= 0.6 is 0 Å². The molecule has 1 aromatic carbocycles. The first kappa shape index (κ1) is 12.2. The molecule has 5 heteroatoms. The van der Waals surface area contributed by atoms with Crippen LogP contribution in [0.15, 0.2) is 36.7 Å². The van der Waals surface area contributed by atoms with Gasteiger partial charge in [0.2, 0.25) is 0 Å². The summed E-state index contributed by atoms with van der Waals surface area (Å²) in [4.78, 5) is 15.9. The maximum absolute atomic E-state index is 13.1. The van der Waals surface area contributed by atoms with Crippen LogP contribution in [-0.2, 0) is 0 Å². The van der Waals surface area contributed by atoms with Crippen LogP contribution < -0.4 is 4.74 Å². The van der Waals surface area contributed by atoms with E-state index >= 15 is 0 Å². The van der Waals surface area contributed by atoms with Crippen molar-refractivity contribution in [2.45, 2.75) is 0 Å². The van der Waals surface area contributed by atoms with E-state index in [1.54, 1.807) is 0 Å². The largest absolute Gasteiger partial charge is 0.494 e. The lowest BCUT2D eigenvalue weighted by Gasteiger charge is -2.06. The average molecular weight is 249 g/mol. The van der Waals surface area contributed by atoms with E-state index in [1.165, 1.54) is 31.6 Å². The van der Waals surface area contributed by atoms with Gasteiger partial charge in [0.1, 0.15) is 5.75 Å². The second-order valence-corrected chi connectivity index (χ2v) is 3.53. The number of carbonyl (C=O) groups is 1. The second kappa shape index (κ2) is 4.91. The Balaban J connectivity index is 2.44. The number of hydrogen-bond donors (Lipinski definition) is 0. The number of methoxy groups -OCH3 is 1. The number of carbonyl (C=O) groups excluding carboxylic acids is 1. The van der Waals surface area contributed by atoms with Gasteiger partial charge in [-0.3, -0.25) is 9.78 Å². The highest BCUT2D eigenvalue weighted by Crippen LogP contribution is 2.20. The summed E-state index contributed by atoms with van der Waals surface area (Å²) in [6, 6.07) is 4.46. The van der Waals surface area contributed by atoms with Gasteiger partial charge in [-0.25, -0.2) is 8.78 Å². The van der Waals surface area contributed by atoms with Crippen molar-refractivity contribution < 1.29 is 18.3 Å². The van der Waals surface area contributed by atoms with E-state index in [2.05, 4.69) is 4.98 Å². The van der Waals surface area contributed by atoms with Crippen LogP contribution in [-0.4, -0.2) is 17.9 Å². The van der Waals surface area contributed by atoms with Gasteiger partial charge in [0, 0.05) is 11.8 Å². The molecular weight excluding hydrogens is 240 g/mol. The van der Waals surface area contributed by atoms with Crippen LogP contribution in [0.25, 0.3) is 0 Å². The molecule has 0 aliphatic carbocycles. The molecule has 0 amide bonds. The van der Waals surface area contributed by atoms with E-state index in [0.717, 1.165) is 12.1 Å². The van der Waals surface area contributed by atoms with Crippen LogP contribution in [0.2, 0.25) is 0 Å². The number of hydrogen-bond acceptors (Lipinski definition) is 3. The van der Waals surface area contributed by atoms with Gasteiger partial charge in [0.15, 0.2) is 17.4 Å². The van der Waals surface area contributed by atoms with Crippen molar-refractivity contribution in [1.29, 1.82) is 0 Å². The molecule has 3 nitrogen and oxygen atoms in total. The number of ketones is 1. The number of rotatable bonds is 3. The van der Waals surface area contributed by atoms with E-state index in [4.69, 9.17) is 4.74 Å².